The van der Waals surface area contributed by atoms with Crippen molar-refractivity contribution in [3.05, 3.63) is 64.7 Å². The van der Waals surface area contributed by atoms with Gasteiger partial charge in [-0.15, -0.1) is 10.2 Å². The summed E-state index contributed by atoms with van der Waals surface area (Å²) in [5.74, 6) is 0.939. The normalized spacial score (nSPS) is 12.3. The second-order valence-corrected chi connectivity index (χ2v) is 9.60. The maximum atomic E-state index is 13.9. The van der Waals surface area contributed by atoms with E-state index < -0.39 is 5.82 Å². The minimum absolute atomic E-state index is 0.0539. The summed E-state index contributed by atoms with van der Waals surface area (Å²) in [6.07, 6.45) is -0.342. The third kappa shape index (κ3) is 6.26. The number of halogens is 2. The van der Waals surface area contributed by atoms with Gasteiger partial charge in [-0.25, -0.2) is 4.39 Å². The Balaban J connectivity index is 1.72. The van der Waals surface area contributed by atoms with E-state index in [4.69, 9.17) is 16.3 Å². The Morgan fingerprint density at radius 3 is 2.55 bits per heavy atom. The highest BCUT2D eigenvalue weighted by atomic mass is 35.5. The van der Waals surface area contributed by atoms with E-state index in [1.807, 2.05) is 43.5 Å². The molecule has 6 nitrogen and oxygen atoms in total. The molecular formula is C24H28ClFN4O2S. The molecule has 0 saturated carbocycles. The molecule has 0 radical (unpaired) electrons. The minimum Gasteiger partial charge on any atom is -0.482 e. The van der Waals surface area contributed by atoms with Crippen molar-refractivity contribution in [2.24, 2.45) is 0 Å². The zero-order valence-electron chi connectivity index (χ0n) is 19.3. The number of aromatic nitrogens is 3. The highest BCUT2D eigenvalue weighted by Crippen LogP contribution is 2.32. The van der Waals surface area contributed by atoms with E-state index >= 15 is 0 Å². The van der Waals surface area contributed by atoms with Crippen LogP contribution in [-0.4, -0.2) is 26.4 Å². The minimum atomic E-state index is -0.582. The van der Waals surface area contributed by atoms with E-state index in [9.17, 15) is 9.18 Å². The van der Waals surface area contributed by atoms with Gasteiger partial charge in [-0.3, -0.25) is 4.79 Å². The molecule has 1 unspecified atom stereocenters. The summed E-state index contributed by atoms with van der Waals surface area (Å²) in [4.78, 5) is 12.4. The van der Waals surface area contributed by atoms with Crippen molar-refractivity contribution in [1.82, 2.24) is 14.8 Å². The number of ether oxygens (including phenoxy) is 1. The summed E-state index contributed by atoms with van der Waals surface area (Å²) in [6, 6.07) is 12.1. The van der Waals surface area contributed by atoms with Crippen molar-refractivity contribution < 1.29 is 13.9 Å². The molecule has 0 bridgehead atoms. The lowest BCUT2D eigenvalue weighted by Crippen LogP contribution is -2.17. The number of thioether (sulfide) groups is 1. The van der Waals surface area contributed by atoms with Gasteiger partial charge in [0.2, 0.25) is 5.91 Å². The van der Waals surface area contributed by atoms with E-state index in [0.717, 1.165) is 17.4 Å². The molecular weight excluding hydrogens is 463 g/mol. The van der Waals surface area contributed by atoms with Gasteiger partial charge in [0.15, 0.2) is 17.1 Å². The van der Waals surface area contributed by atoms with Crippen LogP contribution < -0.4 is 10.1 Å². The Hall–Kier alpha value is -2.58. The number of rotatable bonds is 9. The maximum Gasteiger partial charge on any atom is 0.234 e. The summed E-state index contributed by atoms with van der Waals surface area (Å²) in [6.45, 7) is 10.2. The fourth-order valence-corrected chi connectivity index (χ4v) is 4.40. The molecule has 0 fully saturated rings. The van der Waals surface area contributed by atoms with E-state index in [1.54, 1.807) is 0 Å². The molecule has 2 aromatic carbocycles. The molecule has 0 aliphatic heterocycles. The van der Waals surface area contributed by atoms with Crippen LogP contribution in [-0.2, 0) is 4.79 Å². The fraction of sp³-hybridized carbons (Fsp3) is 0.375. The standard InChI is InChI=1S/C24H28ClFN4O2S/c1-14(2)18-8-6-7-9-21(18)32-16(5)23-28-29-24(30(23)15(3)4)33-13-22(31)27-20-11-10-17(25)12-19(20)26/h6-12,14-16H,13H2,1-5H3,(H,27,31). The largest absolute Gasteiger partial charge is 0.482 e. The van der Waals surface area contributed by atoms with Gasteiger partial charge in [-0.05, 0) is 56.5 Å². The average Bonchev–Trinajstić information content (AvgIpc) is 3.19. The molecule has 0 aliphatic rings. The van der Waals surface area contributed by atoms with Crippen LogP contribution in [0, 0.1) is 5.82 Å². The molecule has 176 valence electrons. The van der Waals surface area contributed by atoms with Crippen molar-refractivity contribution in [2.45, 2.75) is 57.8 Å². The van der Waals surface area contributed by atoms with E-state index in [1.165, 1.54) is 23.9 Å². The summed E-state index contributed by atoms with van der Waals surface area (Å²) in [5, 5.41) is 12.1. The van der Waals surface area contributed by atoms with Crippen molar-refractivity contribution in [1.29, 1.82) is 0 Å². The summed E-state index contributed by atoms with van der Waals surface area (Å²) >= 11 is 7.00. The van der Waals surface area contributed by atoms with Crippen LogP contribution in [0.15, 0.2) is 47.6 Å². The highest BCUT2D eigenvalue weighted by Gasteiger charge is 2.23. The van der Waals surface area contributed by atoms with Crippen molar-refractivity contribution in [3.8, 4) is 5.75 Å². The molecule has 1 N–H and O–H groups in total. The first-order chi connectivity index (χ1) is 15.7. The van der Waals surface area contributed by atoms with Gasteiger partial charge in [-0.1, -0.05) is 55.4 Å². The lowest BCUT2D eigenvalue weighted by molar-refractivity contribution is -0.113. The first-order valence-corrected chi connectivity index (χ1v) is 12.1. The number of hydrogen-bond acceptors (Lipinski definition) is 5. The van der Waals surface area contributed by atoms with Crippen LogP contribution in [0.3, 0.4) is 0 Å². The van der Waals surface area contributed by atoms with Crippen molar-refractivity contribution >= 4 is 35.0 Å². The van der Waals surface area contributed by atoms with Crippen LogP contribution in [0.1, 0.15) is 64.1 Å². The topological polar surface area (TPSA) is 69.0 Å². The molecule has 3 rings (SSSR count). The van der Waals surface area contributed by atoms with Crippen molar-refractivity contribution in [2.75, 3.05) is 11.1 Å². The number of carbonyl (C=O) groups is 1. The summed E-state index contributed by atoms with van der Waals surface area (Å²) in [5.41, 5.74) is 1.21. The molecule has 9 heteroatoms. The number of hydrogen-bond donors (Lipinski definition) is 1. The van der Waals surface area contributed by atoms with Crippen LogP contribution in [0.25, 0.3) is 0 Å². The SMILES string of the molecule is CC(C)c1ccccc1OC(C)c1nnc(SCC(=O)Nc2ccc(Cl)cc2F)n1C(C)C. The first-order valence-electron chi connectivity index (χ1n) is 10.8. The van der Waals surface area contributed by atoms with Crippen LogP contribution in [0.5, 0.6) is 5.75 Å². The van der Waals surface area contributed by atoms with Crippen LogP contribution >= 0.6 is 23.4 Å². The monoisotopic (exact) mass is 490 g/mol. The molecule has 1 atom stereocenters. The third-order valence-electron chi connectivity index (χ3n) is 4.95. The molecule has 0 saturated heterocycles. The molecule has 0 spiro atoms. The van der Waals surface area contributed by atoms with Gasteiger partial charge in [0.05, 0.1) is 11.4 Å². The lowest BCUT2D eigenvalue weighted by atomic mass is 10.0. The predicted octanol–water partition coefficient (Wildman–Crippen LogP) is 6.65. The molecule has 1 heterocycles. The number of benzene rings is 2. The average molecular weight is 491 g/mol. The van der Waals surface area contributed by atoms with Gasteiger partial charge >= 0.3 is 0 Å². The van der Waals surface area contributed by atoms with E-state index in [2.05, 4.69) is 35.4 Å². The quantitative estimate of drug-likeness (QED) is 0.340. The van der Waals surface area contributed by atoms with Gasteiger partial charge in [0.25, 0.3) is 0 Å². The number of anilines is 1. The first kappa shape index (κ1) is 25.1. The van der Waals surface area contributed by atoms with E-state index in [-0.39, 0.29) is 34.5 Å². The third-order valence-corrected chi connectivity index (χ3v) is 6.13. The number of carbonyl (C=O) groups excluding carboxylic acids is 1. The van der Waals surface area contributed by atoms with Gasteiger partial charge in [0, 0.05) is 11.1 Å². The molecule has 1 aromatic heterocycles. The summed E-state index contributed by atoms with van der Waals surface area (Å²) < 4.78 is 22.2. The van der Waals surface area contributed by atoms with Gasteiger partial charge in [0.1, 0.15) is 11.6 Å². The zero-order chi connectivity index (χ0) is 24.1. The number of nitrogens with zero attached hydrogens (tertiary/aromatic N) is 3. The Labute approximate surface area is 202 Å². The highest BCUT2D eigenvalue weighted by molar-refractivity contribution is 7.99. The Morgan fingerprint density at radius 1 is 1.15 bits per heavy atom. The Morgan fingerprint density at radius 2 is 1.88 bits per heavy atom. The second kappa shape index (κ2) is 11.0. The number of nitrogens with one attached hydrogen (secondary N) is 1. The van der Waals surface area contributed by atoms with Crippen LogP contribution in [0.2, 0.25) is 5.02 Å². The lowest BCUT2D eigenvalue weighted by Gasteiger charge is -2.21. The van der Waals surface area contributed by atoms with Crippen molar-refractivity contribution in [3.63, 3.8) is 0 Å². The van der Waals surface area contributed by atoms with E-state index in [0.29, 0.717) is 16.9 Å². The second-order valence-electron chi connectivity index (χ2n) is 8.22. The number of amides is 1. The molecule has 3 aromatic rings. The van der Waals surface area contributed by atoms with Gasteiger partial charge < -0.3 is 14.6 Å². The van der Waals surface area contributed by atoms with Crippen LogP contribution in [0.4, 0.5) is 10.1 Å². The predicted molar refractivity (Wildman–Crippen MR) is 131 cm³/mol. The number of para-hydroxylation sites is 1. The Kier molecular flexibility index (Phi) is 8.37. The maximum absolute atomic E-state index is 13.9. The fourth-order valence-electron chi connectivity index (χ4n) is 3.36. The Bertz CT molecular complexity index is 1120. The molecule has 0 aliphatic carbocycles. The molecule has 1 amide bonds. The smallest absolute Gasteiger partial charge is 0.234 e. The zero-order valence-corrected chi connectivity index (χ0v) is 20.9. The molecule has 33 heavy (non-hydrogen) atoms. The summed E-state index contributed by atoms with van der Waals surface area (Å²) in [7, 11) is 0. The van der Waals surface area contributed by atoms with Gasteiger partial charge in [-0.2, -0.15) is 0 Å².